The molecule has 2 aliphatic heterocycles. The van der Waals surface area contributed by atoms with E-state index in [1.165, 1.54) is 18.2 Å². The number of nitrogens with zero attached hydrogens (tertiary/aromatic N) is 1. The van der Waals surface area contributed by atoms with Crippen LogP contribution in [0.25, 0.3) is 0 Å². The third-order valence-electron chi connectivity index (χ3n) is 5.02. The molecule has 0 atom stereocenters. The number of Topliss-reactive ketones (excluding diaryl/α,β-unsaturated/α-hetero) is 1. The summed E-state index contributed by atoms with van der Waals surface area (Å²) in [7, 11) is -4.18. The van der Waals surface area contributed by atoms with Gasteiger partial charge in [-0.2, -0.15) is 4.31 Å². The predicted molar refractivity (Wildman–Crippen MR) is 111 cm³/mol. The number of halogens is 1. The van der Waals surface area contributed by atoms with Gasteiger partial charge >= 0.3 is 5.97 Å². The Hall–Kier alpha value is -3.35. The van der Waals surface area contributed by atoms with E-state index < -0.39 is 39.1 Å². The summed E-state index contributed by atoms with van der Waals surface area (Å²) >= 11 is 0. The van der Waals surface area contributed by atoms with Gasteiger partial charge in [0.2, 0.25) is 10.0 Å². The Morgan fingerprint density at radius 1 is 1.09 bits per heavy atom. The van der Waals surface area contributed by atoms with Crippen LogP contribution < -0.4 is 10.1 Å². The molecule has 10 nitrogen and oxygen atoms in total. The minimum atomic E-state index is -4.18. The molecule has 1 amide bonds. The fraction of sp³-hybridized carbons (Fsp3) is 0.286. The number of morpholine rings is 1. The molecule has 2 aromatic rings. The maximum absolute atomic E-state index is 14.3. The monoisotopic (exact) mass is 478 g/mol. The minimum Gasteiger partial charge on any atom is -0.482 e. The van der Waals surface area contributed by atoms with Crippen LogP contribution in [0.2, 0.25) is 0 Å². The number of sulfonamides is 1. The number of ketones is 1. The number of carbonyl (C=O) groups excluding carboxylic acids is 3. The van der Waals surface area contributed by atoms with Gasteiger partial charge in [0.1, 0.15) is 16.5 Å². The molecule has 0 spiro atoms. The first-order chi connectivity index (χ1) is 15.8. The van der Waals surface area contributed by atoms with E-state index in [-0.39, 0.29) is 49.9 Å². The zero-order valence-electron chi connectivity index (χ0n) is 17.2. The number of benzene rings is 2. The van der Waals surface area contributed by atoms with E-state index in [2.05, 4.69) is 5.32 Å². The van der Waals surface area contributed by atoms with Crippen LogP contribution in [0.15, 0.2) is 41.3 Å². The summed E-state index contributed by atoms with van der Waals surface area (Å²) < 4.78 is 56.2. The summed E-state index contributed by atoms with van der Waals surface area (Å²) in [4.78, 5) is 35.6. The number of carbonyl (C=O) groups is 3. The summed E-state index contributed by atoms with van der Waals surface area (Å²) in [6, 6.07) is 7.18. The SMILES string of the molecule is O=C1COc2ccc(C(=O)COC(=O)c3ccc(F)c(S(=O)(=O)N4CCOCC4)c3)cc2N1. The molecule has 0 aliphatic carbocycles. The van der Waals surface area contributed by atoms with Crippen LogP contribution in [0.3, 0.4) is 0 Å². The summed E-state index contributed by atoms with van der Waals surface area (Å²) in [5.41, 5.74) is 0.268. The molecular weight excluding hydrogens is 459 g/mol. The van der Waals surface area contributed by atoms with Crippen molar-refractivity contribution in [1.29, 1.82) is 0 Å². The Morgan fingerprint density at radius 3 is 2.58 bits per heavy atom. The number of hydrogen-bond acceptors (Lipinski definition) is 8. The van der Waals surface area contributed by atoms with Crippen molar-refractivity contribution in [2.75, 3.05) is 44.8 Å². The Balaban J connectivity index is 1.46. The van der Waals surface area contributed by atoms with Crippen LogP contribution in [-0.4, -0.2) is 69.9 Å². The summed E-state index contributed by atoms with van der Waals surface area (Å²) in [6.45, 7) is -0.269. The predicted octanol–water partition coefficient (Wildman–Crippen LogP) is 1.22. The Bertz CT molecular complexity index is 1220. The van der Waals surface area contributed by atoms with E-state index in [1.807, 2.05) is 0 Å². The van der Waals surface area contributed by atoms with Gasteiger partial charge in [-0.1, -0.05) is 0 Å². The van der Waals surface area contributed by atoms with Gasteiger partial charge in [-0.3, -0.25) is 9.59 Å². The number of ether oxygens (including phenoxy) is 3. The Labute approximate surface area is 188 Å². The van der Waals surface area contributed by atoms with E-state index in [0.29, 0.717) is 11.4 Å². The average molecular weight is 478 g/mol. The zero-order valence-corrected chi connectivity index (χ0v) is 18.0. The molecule has 4 rings (SSSR count). The molecule has 2 aliphatic rings. The average Bonchev–Trinajstić information content (AvgIpc) is 2.82. The van der Waals surface area contributed by atoms with E-state index in [0.717, 1.165) is 22.5 Å². The third-order valence-corrected chi connectivity index (χ3v) is 6.94. The molecule has 1 N–H and O–H groups in total. The van der Waals surface area contributed by atoms with Gasteiger partial charge in [0, 0.05) is 18.7 Å². The van der Waals surface area contributed by atoms with Gasteiger partial charge in [0.15, 0.2) is 19.0 Å². The molecule has 0 saturated carbocycles. The number of anilines is 1. The highest BCUT2D eigenvalue weighted by molar-refractivity contribution is 7.89. The lowest BCUT2D eigenvalue weighted by molar-refractivity contribution is -0.118. The number of fused-ring (bicyclic) bond motifs is 1. The van der Waals surface area contributed by atoms with Crippen LogP contribution in [-0.2, 0) is 24.3 Å². The minimum absolute atomic E-state index is 0.0667. The fourth-order valence-corrected chi connectivity index (χ4v) is 4.81. The lowest BCUT2D eigenvalue weighted by Crippen LogP contribution is -2.41. The highest BCUT2D eigenvalue weighted by Crippen LogP contribution is 2.28. The van der Waals surface area contributed by atoms with Crippen LogP contribution >= 0.6 is 0 Å². The van der Waals surface area contributed by atoms with Crippen molar-refractivity contribution in [3.63, 3.8) is 0 Å². The van der Waals surface area contributed by atoms with Gasteiger partial charge in [-0.15, -0.1) is 0 Å². The first kappa shape index (κ1) is 22.8. The second kappa shape index (κ2) is 9.25. The third kappa shape index (κ3) is 4.87. The molecular formula is C21H19FN2O8S. The van der Waals surface area contributed by atoms with Crippen molar-refractivity contribution in [3.05, 3.63) is 53.3 Å². The van der Waals surface area contributed by atoms with E-state index in [9.17, 15) is 27.2 Å². The molecule has 0 bridgehead atoms. The molecule has 2 aromatic carbocycles. The standard InChI is InChI=1S/C21H19FN2O8S/c22-15-3-1-14(10-19(15)33(28,29)24-5-7-30-8-6-24)21(27)32-11-17(25)13-2-4-18-16(9-13)23-20(26)12-31-18/h1-4,9-10H,5-8,11-12H2,(H,23,26). The lowest BCUT2D eigenvalue weighted by atomic mass is 10.1. The van der Waals surface area contributed by atoms with E-state index in [1.54, 1.807) is 0 Å². The van der Waals surface area contributed by atoms with E-state index in [4.69, 9.17) is 14.2 Å². The van der Waals surface area contributed by atoms with Gasteiger partial charge in [-0.05, 0) is 36.4 Å². The molecule has 174 valence electrons. The molecule has 0 unspecified atom stereocenters. The number of esters is 1. The van der Waals surface area contributed by atoms with Crippen molar-refractivity contribution >= 4 is 33.4 Å². The molecule has 1 saturated heterocycles. The fourth-order valence-electron chi connectivity index (χ4n) is 3.31. The Kier molecular flexibility index (Phi) is 6.40. The van der Waals surface area contributed by atoms with Crippen molar-refractivity contribution in [1.82, 2.24) is 4.31 Å². The summed E-state index contributed by atoms with van der Waals surface area (Å²) in [6.07, 6.45) is 0. The van der Waals surface area contributed by atoms with Crippen molar-refractivity contribution in [2.24, 2.45) is 0 Å². The molecule has 33 heavy (non-hydrogen) atoms. The molecule has 1 fully saturated rings. The first-order valence-electron chi connectivity index (χ1n) is 9.90. The normalized spacial score (nSPS) is 16.3. The van der Waals surface area contributed by atoms with Crippen LogP contribution in [0.4, 0.5) is 10.1 Å². The van der Waals surface area contributed by atoms with Gasteiger partial charge < -0.3 is 19.5 Å². The van der Waals surface area contributed by atoms with Gasteiger partial charge in [-0.25, -0.2) is 17.6 Å². The quantitative estimate of drug-likeness (QED) is 0.485. The van der Waals surface area contributed by atoms with Crippen LogP contribution in [0.5, 0.6) is 5.75 Å². The maximum Gasteiger partial charge on any atom is 0.338 e. The lowest BCUT2D eigenvalue weighted by Gasteiger charge is -2.26. The number of nitrogens with one attached hydrogen (secondary N) is 1. The highest BCUT2D eigenvalue weighted by Gasteiger charge is 2.30. The van der Waals surface area contributed by atoms with Gasteiger partial charge in [0.05, 0.1) is 24.5 Å². The maximum atomic E-state index is 14.3. The highest BCUT2D eigenvalue weighted by atomic mass is 32.2. The summed E-state index contributed by atoms with van der Waals surface area (Å²) in [5, 5.41) is 2.57. The molecule has 0 aromatic heterocycles. The molecule has 0 radical (unpaired) electrons. The van der Waals surface area contributed by atoms with Crippen molar-refractivity contribution < 1.29 is 41.4 Å². The first-order valence-corrected chi connectivity index (χ1v) is 11.3. The second-order valence-corrected chi connectivity index (χ2v) is 9.12. The largest absolute Gasteiger partial charge is 0.482 e. The molecule has 12 heteroatoms. The second-order valence-electron chi connectivity index (χ2n) is 7.21. The zero-order chi connectivity index (χ0) is 23.6. The molecule has 2 heterocycles. The summed E-state index contributed by atoms with van der Waals surface area (Å²) in [5.74, 6) is -2.51. The van der Waals surface area contributed by atoms with Crippen molar-refractivity contribution in [3.8, 4) is 5.75 Å². The van der Waals surface area contributed by atoms with Crippen molar-refractivity contribution in [2.45, 2.75) is 4.90 Å². The van der Waals surface area contributed by atoms with Crippen LogP contribution in [0, 0.1) is 5.82 Å². The van der Waals surface area contributed by atoms with E-state index >= 15 is 0 Å². The number of hydrogen-bond donors (Lipinski definition) is 1. The van der Waals surface area contributed by atoms with Crippen LogP contribution in [0.1, 0.15) is 20.7 Å². The smallest absolute Gasteiger partial charge is 0.338 e. The Morgan fingerprint density at radius 2 is 1.82 bits per heavy atom. The number of rotatable bonds is 6. The topological polar surface area (TPSA) is 128 Å². The van der Waals surface area contributed by atoms with Gasteiger partial charge in [0.25, 0.3) is 5.91 Å². The number of amides is 1.